The third-order valence-electron chi connectivity index (χ3n) is 2.09. The van der Waals surface area contributed by atoms with Gasteiger partial charge in [-0.05, 0) is 37.6 Å². The molecular formula is C11H15Cl2FN2O. The second-order valence-corrected chi connectivity index (χ2v) is 3.81. The van der Waals surface area contributed by atoms with Crippen molar-refractivity contribution in [1.82, 2.24) is 5.32 Å². The van der Waals surface area contributed by atoms with E-state index in [4.69, 9.17) is 17.3 Å². The summed E-state index contributed by atoms with van der Waals surface area (Å²) in [6.45, 7) is 1.09. The maximum Gasteiger partial charge on any atom is 0.254 e. The normalized spacial score (nSPS) is 9.59. The number of carbonyl (C=O) groups is 1. The van der Waals surface area contributed by atoms with Crippen LogP contribution in [0.25, 0.3) is 0 Å². The predicted molar refractivity (Wildman–Crippen MR) is 69.3 cm³/mol. The molecule has 0 atom stereocenters. The smallest absolute Gasteiger partial charge is 0.254 e. The molecule has 1 amide bonds. The molecule has 0 aliphatic carbocycles. The first kappa shape index (κ1) is 16.2. The minimum Gasteiger partial charge on any atom is -0.352 e. The summed E-state index contributed by atoms with van der Waals surface area (Å²) < 4.78 is 13.3. The van der Waals surface area contributed by atoms with Gasteiger partial charge in [-0.2, -0.15) is 0 Å². The molecule has 96 valence electrons. The molecule has 3 N–H and O–H groups in total. The lowest BCUT2D eigenvalue weighted by molar-refractivity contribution is 0.0949. The first-order valence-electron chi connectivity index (χ1n) is 5.08. The van der Waals surface area contributed by atoms with E-state index in [2.05, 4.69) is 5.32 Å². The number of nitrogens with one attached hydrogen (secondary N) is 1. The summed E-state index contributed by atoms with van der Waals surface area (Å²) in [5, 5.41) is 2.89. The van der Waals surface area contributed by atoms with E-state index in [0.29, 0.717) is 13.1 Å². The van der Waals surface area contributed by atoms with Gasteiger partial charge in [-0.15, -0.1) is 12.4 Å². The standard InChI is InChI=1S/C11H14ClFN2O.ClH/c12-8-3-4-9(10(13)7-8)11(16)15-6-2-1-5-14;/h3-4,7H,1-2,5-6,14H2,(H,15,16);1H. The van der Waals surface area contributed by atoms with Crippen molar-refractivity contribution in [3.63, 3.8) is 0 Å². The quantitative estimate of drug-likeness (QED) is 0.814. The number of rotatable bonds is 5. The number of halogens is 3. The topological polar surface area (TPSA) is 55.1 Å². The highest BCUT2D eigenvalue weighted by molar-refractivity contribution is 6.30. The molecule has 3 nitrogen and oxygen atoms in total. The Bertz CT molecular complexity index is 374. The van der Waals surface area contributed by atoms with Crippen LogP contribution in [-0.2, 0) is 0 Å². The van der Waals surface area contributed by atoms with Gasteiger partial charge in [0.05, 0.1) is 5.56 Å². The summed E-state index contributed by atoms with van der Waals surface area (Å²) in [6, 6.07) is 3.98. The molecule has 1 rings (SSSR count). The van der Waals surface area contributed by atoms with Gasteiger partial charge >= 0.3 is 0 Å². The fourth-order valence-corrected chi connectivity index (χ4v) is 1.40. The first-order valence-corrected chi connectivity index (χ1v) is 5.46. The molecule has 6 heteroatoms. The second-order valence-electron chi connectivity index (χ2n) is 3.38. The van der Waals surface area contributed by atoms with Crippen LogP contribution in [0.3, 0.4) is 0 Å². The molecule has 0 bridgehead atoms. The number of unbranched alkanes of at least 4 members (excludes halogenated alkanes) is 1. The SMILES string of the molecule is Cl.NCCCCNC(=O)c1ccc(Cl)cc1F. The van der Waals surface area contributed by atoms with Gasteiger partial charge in [-0.3, -0.25) is 4.79 Å². The number of hydrogen-bond acceptors (Lipinski definition) is 2. The molecule has 0 aliphatic rings. The largest absolute Gasteiger partial charge is 0.352 e. The lowest BCUT2D eigenvalue weighted by atomic mass is 10.2. The van der Waals surface area contributed by atoms with Crippen LogP contribution < -0.4 is 11.1 Å². The Balaban J connectivity index is 0.00000256. The number of nitrogens with two attached hydrogens (primary N) is 1. The molecule has 0 saturated heterocycles. The highest BCUT2D eigenvalue weighted by Crippen LogP contribution is 2.14. The summed E-state index contributed by atoms with van der Waals surface area (Å²) in [5.74, 6) is -1.03. The predicted octanol–water partition coefficient (Wildman–Crippen LogP) is 2.37. The molecule has 0 heterocycles. The minimum atomic E-state index is -0.608. The van der Waals surface area contributed by atoms with E-state index < -0.39 is 11.7 Å². The minimum absolute atomic E-state index is 0. The third-order valence-corrected chi connectivity index (χ3v) is 2.33. The molecule has 17 heavy (non-hydrogen) atoms. The zero-order chi connectivity index (χ0) is 12.0. The second kappa shape index (κ2) is 8.28. The Morgan fingerprint density at radius 3 is 2.71 bits per heavy atom. The molecule has 0 aliphatic heterocycles. The average Bonchev–Trinajstić information content (AvgIpc) is 2.24. The molecule has 1 aromatic rings. The fraction of sp³-hybridized carbons (Fsp3) is 0.364. The Kier molecular flexibility index (Phi) is 7.87. The van der Waals surface area contributed by atoms with Crippen molar-refractivity contribution >= 4 is 29.9 Å². The summed E-state index contributed by atoms with van der Waals surface area (Å²) in [5.41, 5.74) is 5.32. The average molecular weight is 281 g/mol. The first-order chi connectivity index (χ1) is 7.65. The maximum absolute atomic E-state index is 13.3. The van der Waals surface area contributed by atoms with Crippen molar-refractivity contribution in [2.24, 2.45) is 5.73 Å². The molecule has 0 unspecified atom stereocenters. The summed E-state index contributed by atoms with van der Waals surface area (Å²) in [4.78, 5) is 11.5. The molecule has 0 spiro atoms. The van der Waals surface area contributed by atoms with Crippen molar-refractivity contribution in [1.29, 1.82) is 0 Å². The van der Waals surface area contributed by atoms with Gasteiger partial charge in [0, 0.05) is 11.6 Å². The zero-order valence-electron chi connectivity index (χ0n) is 9.21. The van der Waals surface area contributed by atoms with Gasteiger partial charge in [-0.1, -0.05) is 11.6 Å². The van der Waals surface area contributed by atoms with Gasteiger partial charge in [0.15, 0.2) is 0 Å². The van der Waals surface area contributed by atoms with Crippen LogP contribution in [0.15, 0.2) is 18.2 Å². The Morgan fingerprint density at radius 1 is 1.41 bits per heavy atom. The Hall–Kier alpha value is -0.840. The lowest BCUT2D eigenvalue weighted by Crippen LogP contribution is -2.25. The summed E-state index contributed by atoms with van der Waals surface area (Å²) in [7, 11) is 0. The molecular weight excluding hydrogens is 266 g/mol. The van der Waals surface area contributed by atoms with Crippen LogP contribution in [0.5, 0.6) is 0 Å². The van der Waals surface area contributed by atoms with Gasteiger partial charge in [0.25, 0.3) is 5.91 Å². The van der Waals surface area contributed by atoms with E-state index >= 15 is 0 Å². The molecule has 0 radical (unpaired) electrons. The number of hydrogen-bond donors (Lipinski definition) is 2. The van der Waals surface area contributed by atoms with E-state index in [1.807, 2.05) is 0 Å². The number of carbonyl (C=O) groups excluding carboxylic acids is 1. The molecule has 0 fully saturated rings. The van der Waals surface area contributed by atoms with E-state index in [9.17, 15) is 9.18 Å². The van der Waals surface area contributed by atoms with Gasteiger partial charge in [-0.25, -0.2) is 4.39 Å². The van der Waals surface area contributed by atoms with Crippen molar-refractivity contribution in [2.75, 3.05) is 13.1 Å². The van der Waals surface area contributed by atoms with Crippen molar-refractivity contribution < 1.29 is 9.18 Å². The fourth-order valence-electron chi connectivity index (χ4n) is 1.24. The van der Waals surface area contributed by atoms with Crippen LogP contribution in [0, 0.1) is 5.82 Å². The number of benzene rings is 1. The Labute approximate surface area is 111 Å². The van der Waals surface area contributed by atoms with Crippen LogP contribution in [0.1, 0.15) is 23.2 Å². The third kappa shape index (κ3) is 5.35. The molecule has 0 aromatic heterocycles. The summed E-state index contributed by atoms with van der Waals surface area (Å²) >= 11 is 5.58. The molecule has 1 aromatic carbocycles. The highest BCUT2D eigenvalue weighted by atomic mass is 35.5. The van der Waals surface area contributed by atoms with Crippen molar-refractivity contribution in [2.45, 2.75) is 12.8 Å². The number of amides is 1. The molecule has 0 saturated carbocycles. The maximum atomic E-state index is 13.3. The van der Waals surface area contributed by atoms with E-state index in [-0.39, 0.29) is 23.0 Å². The highest BCUT2D eigenvalue weighted by Gasteiger charge is 2.10. The van der Waals surface area contributed by atoms with Gasteiger partial charge in [0.1, 0.15) is 5.82 Å². The van der Waals surface area contributed by atoms with E-state index in [0.717, 1.165) is 18.9 Å². The zero-order valence-corrected chi connectivity index (χ0v) is 10.8. The van der Waals surface area contributed by atoms with Crippen molar-refractivity contribution in [3.8, 4) is 0 Å². The van der Waals surface area contributed by atoms with Crippen LogP contribution in [0.4, 0.5) is 4.39 Å². The van der Waals surface area contributed by atoms with Crippen LogP contribution >= 0.6 is 24.0 Å². The summed E-state index contributed by atoms with van der Waals surface area (Å²) in [6.07, 6.45) is 1.63. The van der Waals surface area contributed by atoms with Crippen molar-refractivity contribution in [3.05, 3.63) is 34.6 Å². The van der Waals surface area contributed by atoms with Crippen LogP contribution in [-0.4, -0.2) is 19.0 Å². The van der Waals surface area contributed by atoms with E-state index in [1.165, 1.54) is 12.1 Å². The van der Waals surface area contributed by atoms with Gasteiger partial charge < -0.3 is 11.1 Å². The van der Waals surface area contributed by atoms with E-state index in [1.54, 1.807) is 0 Å². The lowest BCUT2D eigenvalue weighted by Gasteiger charge is -2.05. The Morgan fingerprint density at radius 2 is 2.12 bits per heavy atom. The monoisotopic (exact) mass is 280 g/mol. The van der Waals surface area contributed by atoms with Gasteiger partial charge in [0.2, 0.25) is 0 Å². The van der Waals surface area contributed by atoms with Crippen LogP contribution in [0.2, 0.25) is 5.02 Å².